The molecule has 0 aromatic heterocycles. The van der Waals surface area contributed by atoms with Crippen LogP contribution in [-0.4, -0.2) is 18.7 Å². The highest BCUT2D eigenvalue weighted by Crippen LogP contribution is 2.48. The standard InChI is InChI=1S/C26H24O5/c1-14-24-16(10-18-20(27)12-26(2,3)13-22(18)31-24)11-19-23(28)21(30-25(14)19)9-15-5-7-17(29-4)8-6-15/h5-9,11H,10,12-13H2,1-4H3/b21-9-. The van der Waals surface area contributed by atoms with E-state index in [1.54, 1.807) is 13.2 Å². The predicted octanol–water partition coefficient (Wildman–Crippen LogP) is 5.20. The van der Waals surface area contributed by atoms with Crippen LogP contribution >= 0.6 is 0 Å². The molecule has 3 aliphatic rings. The molecule has 2 aromatic rings. The second-order valence-electron chi connectivity index (χ2n) is 9.20. The van der Waals surface area contributed by atoms with Gasteiger partial charge in [0.2, 0.25) is 5.78 Å². The molecule has 0 unspecified atom stereocenters. The van der Waals surface area contributed by atoms with Crippen LogP contribution in [-0.2, 0) is 11.2 Å². The SMILES string of the molecule is COc1ccc(/C=C2\Oc3c(cc4c(c3C)OC3=C(C4)C(=O)CC(C)(C)C3)C2=O)cc1. The summed E-state index contributed by atoms with van der Waals surface area (Å²) in [6, 6.07) is 9.25. The fourth-order valence-electron chi connectivity index (χ4n) is 4.57. The van der Waals surface area contributed by atoms with E-state index in [2.05, 4.69) is 13.8 Å². The van der Waals surface area contributed by atoms with E-state index in [1.807, 2.05) is 37.3 Å². The lowest BCUT2D eigenvalue weighted by atomic mass is 9.74. The van der Waals surface area contributed by atoms with Gasteiger partial charge in [-0.05, 0) is 42.2 Å². The van der Waals surface area contributed by atoms with Crippen LogP contribution in [0.1, 0.15) is 53.7 Å². The van der Waals surface area contributed by atoms with Crippen LogP contribution in [0.25, 0.3) is 6.08 Å². The molecule has 0 saturated heterocycles. The van der Waals surface area contributed by atoms with Crippen LogP contribution in [0.3, 0.4) is 0 Å². The molecular weight excluding hydrogens is 392 g/mol. The van der Waals surface area contributed by atoms with Gasteiger partial charge in [0.05, 0.1) is 12.7 Å². The number of hydrogen-bond donors (Lipinski definition) is 0. The normalized spacial score (nSPS) is 20.1. The molecule has 5 rings (SSSR count). The Morgan fingerprint density at radius 3 is 2.48 bits per heavy atom. The van der Waals surface area contributed by atoms with Crippen molar-refractivity contribution in [2.45, 2.75) is 40.0 Å². The Morgan fingerprint density at radius 2 is 1.77 bits per heavy atom. The van der Waals surface area contributed by atoms with Crippen molar-refractivity contribution in [3.05, 3.63) is 69.7 Å². The molecule has 0 saturated carbocycles. The number of ether oxygens (including phenoxy) is 3. The number of benzene rings is 2. The van der Waals surface area contributed by atoms with Gasteiger partial charge in [-0.1, -0.05) is 26.0 Å². The van der Waals surface area contributed by atoms with E-state index < -0.39 is 0 Å². The van der Waals surface area contributed by atoms with Gasteiger partial charge < -0.3 is 14.2 Å². The third kappa shape index (κ3) is 3.25. The minimum Gasteiger partial charge on any atom is -0.497 e. The number of ketones is 2. The molecule has 0 spiro atoms. The largest absolute Gasteiger partial charge is 0.497 e. The van der Waals surface area contributed by atoms with E-state index >= 15 is 0 Å². The van der Waals surface area contributed by atoms with Crippen LogP contribution in [0.2, 0.25) is 0 Å². The highest BCUT2D eigenvalue weighted by Gasteiger charge is 2.39. The zero-order valence-electron chi connectivity index (χ0n) is 18.1. The fourth-order valence-corrected chi connectivity index (χ4v) is 4.57. The first-order valence-electron chi connectivity index (χ1n) is 10.4. The maximum absolute atomic E-state index is 13.1. The molecule has 0 radical (unpaired) electrons. The predicted molar refractivity (Wildman–Crippen MR) is 116 cm³/mol. The summed E-state index contributed by atoms with van der Waals surface area (Å²) in [5.74, 6) is 3.01. The molecule has 2 heterocycles. The zero-order valence-corrected chi connectivity index (χ0v) is 18.1. The van der Waals surface area contributed by atoms with Crippen molar-refractivity contribution in [1.82, 2.24) is 0 Å². The van der Waals surface area contributed by atoms with Gasteiger partial charge in [0.25, 0.3) is 0 Å². The van der Waals surface area contributed by atoms with Crippen molar-refractivity contribution in [3.8, 4) is 17.2 Å². The van der Waals surface area contributed by atoms with Crippen LogP contribution in [0.5, 0.6) is 17.2 Å². The monoisotopic (exact) mass is 416 g/mol. The van der Waals surface area contributed by atoms with Gasteiger partial charge >= 0.3 is 0 Å². The molecule has 0 fully saturated rings. The third-order valence-electron chi connectivity index (χ3n) is 6.17. The molecule has 158 valence electrons. The minimum atomic E-state index is -0.160. The second kappa shape index (κ2) is 6.84. The van der Waals surface area contributed by atoms with E-state index in [-0.39, 0.29) is 22.7 Å². The van der Waals surface area contributed by atoms with Crippen LogP contribution < -0.4 is 14.2 Å². The Morgan fingerprint density at radius 1 is 1.03 bits per heavy atom. The lowest BCUT2D eigenvalue weighted by Gasteiger charge is -2.35. The smallest absolute Gasteiger partial charge is 0.231 e. The fraction of sp³-hybridized carbons (Fsp3) is 0.308. The van der Waals surface area contributed by atoms with Crippen molar-refractivity contribution in [3.63, 3.8) is 0 Å². The minimum absolute atomic E-state index is 0.112. The van der Waals surface area contributed by atoms with Crippen molar-refractivity contribution < 1.29 is 23.8 Å². The summed E-state index contributed by atoms with van der Waals surface area (Å²) in [5, 5.41) is 0. The van der Waals surface area contributed by atoms with Gasteiger partial charge in [0.15, 0.2) is 11.5 Å². The maximum Gasteiger partial charge on any atom is 0.231 e. The Kier molecular flexibility index (Phi) is 4.33. The number of hydrogen-bond acceptors (Lipinski definition) is 5. The molecule has 5 nitrogen and oxygen atoms in total. The van der Waals surface area contributed by atoms with Crippen LogP contribution in [0.4, 0.5) is 0 Å². The molecule has 31 heavy (non-hydrogen) atoms. The quantitative estimate of drug-likeness (QED) is 0.630. The average Bonchev–Trinajstić information content (AvgIpc) is 3.03. The molecule has 2 aromatic carbocycles. The maximum atomic E-state index is 13.1. The number of allylic oxidation sites excluding steroid dienone is 3. The topological polar surface area (TPSA) is 61.8 Å². The van der Waals surface area contributed by atoms with Gasteiger partial charge in [-0.25, -0.2) is 0 Å². The summed E-state index contributed by atoms with van der Waals surface area (Å²) in [6.45, 7) is 6.07. The summed E-state index contributed by atoms with van der Waals surface area (Å²) >= 11 is 0. The van der Waals surface area contributed by atoms with E-state index in [4.69, 9.17) is 14.2 Å². The molecule has 1 aliphatic carbocycles. The Labute approximate surface area is 181 Å². The first-order valence-corrected chi connectivity index (χ1v) is 10.4. The first-order chi connectivity index (χ1) is 14.8. The van der Waals surface area contributed by atoms with Crippen LogP contribution in [0, 0.1) is 12.3 Å². The van der Waals surface area contributed by atoms with Crippen molar-refractivity contribution in [2.75, 3.05) is 7.11 Å². The highest BCUT2D eigenvalue weighted by atomic mass is 16.5. The Bertz CT molecular complexity index is 1200. The highest BCUT2D eigenvalue weighted by molar-refractivity contribution is 6.15. The van der Waals surface area contributed by atoms with Gasteiger partial charge in [0, 0.05) is 36.0 Å². The lowest BCUT2D eigenvalue weighted by Crippen LogP contribution is -2.30. The number of methoxy groups -OCH3 is 1. The van der Waals surface area contributed by atoms with Gasteiger partial charge in [-0.2, -0.15) is 0 Å². The lowest BCUT2D eigenvalue weighted by molar-refractivity contribution is -0.118. The van der Waals surface area contributed by atoms with E-state index in [1.165, 1.54) is 0 Å². The Hall–Kier alpha value is -3.34. The number of carbonyl (C=O) groups is 2. The van der Waals surface area contributed by atoms with E-state index in [9.17, 15) is 9.59 Å². The molecule has 0 bridgehead atoms. The summed E-state index contributed by atoms with van der Waals surface area (Å²) in [6.07, 6.45) is 3.48. The van der Waals surface area contributed by atoms with Crippen molar-refractivity contribution >= 4 is 17.6 Å². The third-order valence-corrected chi connectivity index (χ3v) is 6.17. The van der Waals surface area contributed by atoms with E-state index in [0.29, 0.717) is 29.9 Å². The Balaban J connectivity index is 1.50. The number of Topliss-reactive ketones (excluding diaryl/α,β-unsaturated/α-hetero) is 2. The number of carbonyl (C=O) groups excluding carboxylic acids is 2. The molecule has 5 heteroatoms. The summed E-state index contributed by atoms with van der Waals surface area (Å²) < 4.78 is 17.4. The number of rotatable bonds is 2. The summed E-state index contributed by atoms with van der Waals surface area (Å²) in [4.78, 5) is 25.7. The molecule has 0 amide bonds. The molecule has 0 atom stereocenters. The average molecular weight is 416 g/mol. The summed E-state index contributed by atoms with van der Waals surface area (Å²) in [5.41, 5.74) is 3.66. The van der Waals surface area contributed by atoms with Crippen LogP contribution in [0.15, 0.2) is 47.4 Å². The first kappa shape index (κ1) is 19.6. The van der Waals surface area contributed by atoms with E-state index in [0.717, 1.165) is 40.2 Å². The second-order valence-corrected chi connectivity index (χ2v) is 9.20. The van der Waals surface area contributed by atoms with Gasteiger partial charge in [-0.3, -0.25) is 9.59 Å². The molecule has 2 aliphatic heterocycles. The zero-order chi connectivity index (χ0) is 21.9. The van der Waals surface area contributed by atoms with Gasteiger partial charge in [-0.15, -0.1) is 0 Å². The summed E-state index contributed by atoms with van der Waals surface area (Å²) in [7, 11) is 1.61. The molecular formula is C26H24O5. The molecule has 0 N–H and O–H groups in total. The van der Waals surface area contributed by atoms with Gasteiger partial charge in [0.1, 0.15) is 23.0 Å². The number of fused-ring (bicyclic) bond motifs is 2. The van der Waals surface area contributed by atoms with Crippen molar-refractivity contribution in [1.29, 1.82) is 0 Å². The van der Waals surface area contributed by atoms with Crippen molar-refractivity contribution in [2.24, 2.45) is 5.41 Å².